The van der Waals surface area contributed by atoms with E-state index in [2.05, 4.69) is 39.8 Å². The van der Waals surface area contributed by atoms with Crippen LogP contribution in [0.3, 0.4) is 0 Å². The van der Waals surface area contributed by atoms with Crippen molar-refractivity contribution in [3.8, 4) is 11.5 Å². The Hall–Kier alpha value is -1.90. The van der Waals surface area contributed by atoms with Gasteiger partial charge in [0.25, 0.3) is 0 Å². The molecular formula is C38H60N2O. The summed E-state index contributed by atoms with van der Waals surface area (Å²) in [5.41, 5.74) is 5.43. The van der Waals surface area contributed by atoms with Crippen LogP contribution in [0.1, 0.15) is 153 Å². The van der Waals surface area contributed by atoms with E-state index < -0.39 is 0 Å². The number of ether oxygens (including phenoxy) is 1. The molecule has 0 unspecified atom stereocenters. The molecule has 0 bridgehead atoms. The molecule has 41 heavy (non-hydrogen) atoms. The highest BCUT2D eigenvalue weighted by Gasteiger charge is 2.24. The molecule has 3 nitrogen and oxygen atoms in total. The first-order chi connectivity index (χ1) is 20.1. The lowest BCUT2D eigenvalue weighted by Crippen LogP contribution is -2.17. The molecule has 3 heteroatoms. The fraction of sp³-hybridized carbons (Fsp3) is 0.737. The fourth-order valence-electron chi connectivity index (χ4n) is 7.66. The van der Waals surface area contributed by atoms with E-state index in [-0.39, 0.29) is 0 Å². The van der Waals surface area contributed by atoms with Crippen LogP contribution in [0.15, 0.2) is 24.5 Å². The summed E-state index contributed by atoms with van der Waals surface area (Å²) in [6, 6.07) is 4.63. The third-order valence-corrected chi connectivity index (χ3v) is 10.2. The molecule has 2 aliphatic carbocycles. The van der Waals surface area contributed by atoms with Gasteiger partial charge in [0.05, 0.1) is 12.4 Å². The minimum Gasteiger partial charge on any atom is -0.454 e. The average Bonchev–Trinajstić information content (AvgIpc) is 2.99. The largest absolute Gasteiger partial charge is 0.454 e. The third-order valence-electron chi connectivity index (χ3n) is 10.2. The molecule has 0 spiro atoms. The van der Waals surface area contributed by atoms with Crippen LogP contribution in [-0.2, 0) is 25.7 Å². The number of aromatic nitrogens is 2. The minimum atomic E-state index is 0.791. The van der Waals surface area contributed by atoms with Gasteiger partial charge in [0.1, 0.15) is 11.5 Å². The van der Waals surface area contributed by atoms with Crippen LogP contribution >= 0.6 is 0 Å². The summed E-state index contributed by atoms with van der Waals surface area (Å²) in [6.07, 6.45) is 29.8. The number of hydrogen-bond acceptors (Lipinski definition) is 3. The topological polar surface area (TPSA) is 35.0 Å². The molecule has 2 aliphatic rings. The highest BCUT2D eigenvalue weighted by atomic mass is 16.5. The van der Waals surface area contributed by atoms with Gasteiger partial charge in [-0.3, -0.25) is 9.97 Å². The van der Waals surface area contributed by atoms with Crippen molar-refractivity contribution < 1.29 is 4.74 Å². The summed E-state index contributed by atoms with van der Waals surface area (Å²) < 4.78 is 6.53. The molecule has 0 saturated heterocycles. The Kier molecular flexibility index (Phi) is 13.5. The van der Waals surface area contributed by atoms with Crippen LogP contribution in [0.25, 0.3) is 0 Å². The smallest absolute Gasteiger partial charge is 0.146 e. The van der Waals surface area contributed by atoms with Crippen LogP contribution in [0, 0.1) is 23.7 Å². The minimum absolute atomic E-state index is 0.791. The first-order valence-corrected chi connectivity index (χ1v) is 17.7. The van der Waals surface area contributed by atoms with Gasteiger partial charge in [0.15, 0.2) is 0 Å². The zero-order valence-corrected chi connectivity index (χ0v) is 27.1. The summed E-state index contributed by atoms with van der Waals surface area (Å²) in [4.78, 5) is 9.95. The standard InChI is InChI=1S/C38H60N2O/c1-5-9-13-37-33(23-31-19-15-29(11-7-3)16-20-31)25-35(27-39-37)41-36-26-34(38(40-28-36)14-10-6-2)24-32-21-17-30(12-8-4)18-22-32/h25-32H,5-24H2,1-4H3. The van der Waals surface area contributed by atoms with Gasteiger partial charge in [0, 0.05) is 11.4 Å². The van der Waals surface area contributed by atoms with Crippen molar-refractivity contribution in [3.63, 3.8) is 0 Å². The fourth-order valence-corrected chi connectivity index (χ4v) is 7.66. The summed E-state index contributed by atoms with van der Waals surface area (Å²) in [5.74, 6) is 5.26. The van der Waals surface area contributed by atoms with Crippen molar-refractivity contribution >= 4 is 0 Å². The van der Waals surface area contributed by atoms with E-state index in [1.807, 2.05) is 12.4 Å². The quantitative estimate of drug-likeness (QED) is 0.205. The predicted molar refractivity (Wildman–Crippen MR) is 174 cm³/mol. The van der Waals surface area contributed by atoms with E-state index in [1.54, 1.807) is 0 Å². The number of aryl methyl sites for hydroxylation is 2. The summed E-state index contributed by atoms with van der Waals surface area (Å²) in [7, 11) is 0. The molecule has 0 radical (unpaired) electrons. The van der Waals surface area contributed by atoms with Crippen molar-refractivity contribution in [2.24, 2.45) is 23.7 Å². The van der Waals surface area contributed by atoms with Crippen LogP contribution in [0.5, 0.6) is 11.5 Å². The van der Waals surface area contributed by atoms with Crippen LogP contribution in [-0.4, -0.2) is 9.97 Å². The Morgan fingerprint density at radius 1 is 0.561 bits per heavy atom. The average molecular weight is 561 g/mol. The summed E-state index contributed by atoms with van der Waals surface area (Å²) in [5, 5.41) is 0. The molecule has 0 atom stereocenters. The Morgan fingerprint density at radius 2 is 0.951 bits per heavy atom. The van der Waals surface area contributed by atoms with Gasteiger partial charge in [-0.25, -0.2) is 0 Å². The molecule has 2 aromatic heterocycles. The zero-order chi connectivity index (χ0) is 28.9. The molecule has 4 rings (SSSR count). The maximum Gasteiger partial charge on any atom is 0.146 e. The Morgan fingerprint density at radius 3 is 1.32 bits per heavy atom. The second kappa shape index (κ2) is 17.3. The lowest BCUT2D eigenvalue weighted by atomic mass is 9.77. The zero-order valence-electron chi connectivity index (χ0n) is 27.1. The summed E-state index contributed by atoms with van der Waals surface area (Å²) >= 11 is 0. The number of rotatable bonds is 16. The number of hydrogen-bond donors (Lipinski definition) is 0. The van der Waals surface area contributed by atoms with Gasteiger partial charge in [-0.05, 0) is 111 Å². The molecule has 2 aromatic rings. The van der Waals surface area contributed by atoms with Gasteiger partial charge in [-0.1, -0.05) is 91.9 Å². The van der Waals surface area contributed by atoms with Crippen molar-refractivity contribution in [2.75, 3.05) is 0 Å². The van der Waals surface area contributed by atoms with Gasteiger partial charge in [-0.2, -0.15) is 0 Å². The van der Waals surface area contributed by atoms with E-state index in [9.17, 15) is 0 Å². The third kappa shape index (κ3) is 10.1. The Bertz CT molecular complexity index is 935. The van der Waals surface area contributed by atoms with Crippen LogP contribution < -0.4 is 4.74 Å². The number of nitrogens with zero attached hydrogens (tertiary/aromatic N) is 2. The molecule has 2 saturated carbocycles. The highest BCUT2D eigenvalue weighted by Crippen LogP contribution is 2.36. The van der Waals surface area contributed by atoms with Gasteiger partial charge >= 0.3 is 0 Å². The van der Waals surface area contributed by atoms with E-state index in [1.165, 1.54) is 125 Å². The lowest BCUT2D eigenvalue weighted by molar-refractivity contribution is 0.260. The number of pyridine rings is 2. The van der Waals surface area contributed by atoms with Crippen molar-refractivity contribution in [1.82, 2.24) is 9.97 Å². The van der Waals surface area contributed by atoms with Crippen molar-refractivity contribution in [2.45, 2.75) is 156 Å². The first-order valence-electron chi connectivity index (χ1n) is 17.7. The highest BCUT2D eigenvalue weighted by molar-refractivity contribution is 5.36. The van der Waals surface area contributed by atoms with Crippen molar-refractivity contribution in [3.05, 3.63) is 47.0 Å². The van der Waals surface area contributed by atoms with Gasteiger partial charge in [-0.15, -0.1) is 0 Å². The van der Waals surface area contributed by atoms with Gasteiger partial charge < -0.3 is 4.74 Å². The second-order valence-corrected chi connectivity index (χ2v) is 13.6. The molecular weight excluding hydrogens is 500 g/mol. The van der Waals surface area contributed by atoms with Crippen LogP contribution in [0.4, 0.5) is 0 Å². The normalized spacial score (nSPS) is 23.0. The molecule has 0 aromatic carbocycles. The number of unbranched alkanes of at least 4 members (excludes halogenated alkanes) is 2. The first kappa shape index (κ1) is 32.0. The van der Waals surface area contributed by atoms with E-state index in [0.29, 0.717) is 0 Å². The summed E-state index contributed by atoms with van der Waals surface area (Å²) in [6.45, 7) is 9.22. The van der Waals surface area contributed by atoms with E-state index in [0.717, 1.165) is 60.9 Å². The maximum atomic E-state index is 6.53. The predicted octanol–water partition coefficient (Wildman–Crippen LogP) is 11.3. The van der Waals surface area contributed by atoms with Crippen molar-refractivity contribution in [1.29, 1.82) is 0 Å². The van der Waals surface area contributed by atoms with Gasteiger partial charge in [0.2, 0.25) is 0 Å². The molecule has 0 N–H and O–H groups in total. The molecule has 2 fully saturated rings. The lowest BCUT2D eigenvalue weighted by Gasteiger charge is -2.29. The molecule has 0 amide bonds. The SMILES string of the molecule is CCCCc1ncc(Oc2cnc(CCCC)c(CC3CCC(CCC)CC3)c2)cc1CC1CCC(CCC)CC1. The molecule has 0 aliphatic heterocycles. The monoisotopic (exact) mass is 560 g/mol. The maximum absolute atomic E-state index is 6.53. The Balaban J connectivity index is 1.46. The molecule has 228 valence electrons. The van der Waals surface area contributed by atoms with E-state index in [4.69, 9.17) is 14.7 Å². The molecule has 2 heterocycles. The van der Waals surface area contributed by atoms with Crippen LogP contribution in [0.2, 0.25) is 0 Å². The van der Waals surface area contributed by atoms with E-state index >= 15 is 0 Å². The second-order valence-electron chi connectivity index (χ2n) is 13.6. The Labute approximate surface area is 252 Å².